The first-order valence-electron chi connectivity index (χ1n) is 7.56. The topological polar surface area (TPSA) is 81.4 Å². The third-order valence-electron chi connectivity index (χ3n) is 4.11. The molecule has 2 fully saturated rings. The first kappa shape index (κ1) is 14.7. The molecule has 0 aromatic heterocycles. The molecule has 1 aromatic rings. The molecule has 0 amide bonds. The Morgan fingerprint density at radius 3 is 2.43 bits per heavy atom. The summed E-state index contributed by atoms with van der Waals surface area (Å²) in [7, 11) is -3.60. The molecule has 2 aliphatic carbocycles. The third kappa shape index (κ3) is 3.32. The van der Waals surface area contributed by atoms with Crippen molar-refractivity contribution in [2.45, 2.75) is 43.5 Å². The Hall–Kier alpha value is -1.27. The average molecular weight is 310 g/mol. The van der Waals surface area contributed by atoms with E-state index in [-0.39, 0.29) is 10.9 Å². The van der Waals surface area contributed by atoms with Crippen LogP contribution in [0.4, 0.5) is 5.69 Å². The molecule has 0 radical (unpaired) electrons. The molecule has 0 atom stereocenters. The van der Waals surface area contributed by atoms with Crippen molar-refractivity contribution in [1.29, 1.82) is 0 Å². The quantitative estimate of drug-likeness (QED) is 0.756. The zero-order chi connectivity index (χ0) is 15.0. The van der Waals surface area contributed by atoms with Crippen molar-refractivity contribution in [3.05, 3.63) is 18.2 Å². The van der Waals surface area contributed by atoms with E-state index in [2.05, 4.69) is 4.72 Å². The van der Waals surface area contributed by atoms with Crippen LogP contribution in [0.25, 0.3) is 0 Å². The molecule has 0 aliphatic heterocycles. The minimum atomic E-state index is -3.60. The minimum Gasteiger partial charge on any atom is -0.492 e. The van der Waals surface area contributed by atoms with E-state index in [4.69, 9.17) is 10.5 Å². The van der Waals surface area contributed by atoms with Crippen molar-refractivity contribution in [2.75, 3.05) is 12.3 Å². The van der Waals surface area contributed by atoms with E-state index in [0.717, 1.165) is 25.7 Å². The highest BCUT2D eigenvalue weighted by Gasteiger charge is 2.43. The van der Waals surface area contributed by atoms with Gasteiger partial charge in [-0.2, -0.15) is 0 Å². The standard InChI is InChI=1S/C15H22N2O3S/c1-2-20-13-8-7-12(16)9-14(13)21(18,19)17-15(10-3-4-10)11-5-6-11/h7-11,15,17H,2-6,16H2,1H3. The predicted molar refractivity (Wildman–Crippen MR) is 81.6 cm³/mol. The molecular weight excluding hydrogens is 288 g/mol. The van der Waals surface area contributed by atoms with E-state index in [1.807, 2.05) is 6.92 Å². The van der Waals surface area contributed by atoms with Crippen molar-refractivity contribution < 1.29 is 13.2 Å². The summed E-state index contributed by atoms with van der Waals surface area (Å²) >= 11 is 0. The van der Waals surface area contributed by atoms with Gasteiger partial charge in [0.15, 0.2) is 0 Å². The highest BCUT2D eigenvalue weighted by Crippen LogP contribution is 2.45. The normalized spacial score (nSPS) is 19.0. The van der Waals surface area contributed by atoms with Crippen LogP contribution in [0.15, 0.2) is 23.1 Å². The zero-order valence-corrected chi connectivity index (χ0v) is 13.0. The number of rotatable bonds is 7. The summed E-state index contributed by atoms with van der Waals surface area (Å²) in [5.41, 5.74) is 6.17. The summed E-state index contributed by atoms with van der Waals surface area (Å²) in [6, 6.07) is 4.83. The molecule has 6 heteroatoms. The van der Waals surface area contributed by atoms with Crippen LogP contribution in [-0.4, -0.2) is 21.1 Å². The van der Waals surface area contributed by atoms with Crippen LogP contribution in [0, 0.1) is 11.8 Å². The summed E-state index contributed by atoms with van der Waals surface area (Å²) in [6.07, 6.45) is 4.50. The molecule has 3 N–H and O–H groups in total. The number of hydrogen-bond donors (Lipinski definition) is 2. The van der Waals surface area contributed by atoms with Crippen LogP contribution in [0.3, 0.4) is 0 Å². The lowest BCUT2D eigenvalue weighted by Gasteiger charge is -2.19. The number of benzene rings is 1. The number of hydrogen-bond acceptors (Lipinski definition) is 4. The lowest BCUT2D eigenvalue weighted by atomic mass is 10.1. The van der Waals surface area contributed by atoms with E-state index in [9.17, 15) is 8.42 Å². The maximum atomic E-state index is 12.7. The molecule has 5 nitrogen and oxygen atoms in total. The molecule has 1 aromatic carbocycles. The second-order valence-corrected chi connectivity index (χ2v) is 7.64. The van der Waals surface area contributed by atoms with E-state index >= 15 is 0 Å². The minimum absolute atomic E-state index is 0.0749. The fourth-order valence-corrected chi connectivity index (χ4v) is 4.29. The Balaban J connectivity index is 1.87. The number of sulfonamides is 1. The Morgan fingerprint density at radius 2 is 1.90 bits per heavy atom. The van der Waals surface area contributed by atoms with Crippen LogP contribution < -0.4 is 15.2 Å². The molecule has 2 aliphatic rings. The molecule has 116 valence electrons. The Morgan fingerprint density at radius 1 is 1.29 bits per heavy atom. The highest BCUT2D eigenvalue weighted by atomic mass is 32.2. The molecule has 0 bridgehead atoms. The van der Waals surface area contributed by atoms with Crippen molar-refractivity contribution in [2.24, 2.45) is 11.8 Å². The average Bonchev–Trinajstić information content (AvgIpc) is 3.30. The number of nitrogens with two attached hydrogens (primary N) is 1. The van der Waals surface area contributed by atoms with Crippen molar-refractivity contribution >= 4 is 15.7 Å². The van der Waals surface area contributed by atoms with E-state index in [1.165, 1.54) is 6.07 Å². The van der Waals surface area contributed by atoms with E-state index in [0.29, 0.717) is 29.9 Å². The van der Waals surface area contributed by atoms with Crippen LogP contribution in [0.5, 0.6) is 5.75 Å². The van der Waals surface area contributed by atoms with Gasteiger partial charge in [0.25, 0.3) is 0 Å². The summed E-state index contributed by atoms with van der Waals surface area (Å²) in [5, 5.41) is 0. The summed E-state index contributed by atoms with van der Waals surface area (Å²) in [5.74, 6) is 1.37. The fourth-order valence-electron chi connectivity index (χ4n) is 2.74. The van der Waals surface area contributed by atoms with Gasteiger partial charge in [-0.3, -0.25) is 0 Å². The van der Waals surface area contributed by atoms with Gasteiger partial charge in [-0.15, -0.1) is 0 Å². The Bertz CT molecular complexity index is 610. The molecule has 0 spiro atoms. The van der Waals surface area contributed by atoms with Gasteiger partial charge in [0.05, 0.1) is 6.61 Å². The number of nitrogens with one attached hydrogen (secondary N) is 1. The maximum absolute atomic E-state index is 12.7. The number of nitrogen functional groups attached to an aromatic ring is 1. The maximum Gasteiger partial charge on any atom is 0.244 e. The van der Waals surface area contributed by atoms with Crippen molar-refractivity contribution in [3.63, 3.8) is 0 Å². The van der Waals surface area contributed by atoms with Gasteiger partial charge in [0.2, 0.25) is 10.0 Å². The van der Waals surface area contributed by atoms with Crippen molar-refractivity contribution in [3.8, 4) is 5.75 Å². The molecule has 0 saturated heterocycles. The first-order valence-corrected chi connectivity index (χ1v) is 9.04. The predicted octanol–water partition coefficient (Wildman–Crippen LogP) is 2.13. The van der Waals surface area contributed by atoms with Crippen LogP contribution in [0.2, 0.25) is 0 Å². The second-order valence-electron chi connectivity index (χ2n) is 5.96. The van der Waals surface area contributed by atoms with Crippen LogP contribution in [-0.2, 0) is 10.0 Å². The molecule has 0 unspecified atom stereocenters. The molecular formula is C15H22N2O3S. The smallest absolute Gasteiger partial charge is 0.244 e. The Labute approximate surface area is 125 Å². The zero-order valence-electron chi connectivity index (χ0n) is 12.2. The summed E-state index contributed by atoms with van der Waals surface area (Å²) < 4.78 is 33.8. The number of ether oxygens (including phenoxy) is 1. The van der Waals surface area contributed by atoms with E-state index in [1.54, 1.807) is 12.1 Å². The van der Waals surface area contributed by atoms with Gasteiger partial charge in [0.1, 0.15) is 10.6 Å². The SMILES string of the molecule is CCOc1ccc(N)cc1S(=O)(=O)NC(C1CC1)C1CC1. The third-order valence-corrected chi connectivity index (χ3v) is 5.59. The van der Waals surface area contributed by atoms with Gasteiger partial charge < -0.3 is 10.5 Å². The molecule has 0 heterocycles. The van der Waals surface area contributed by atoms with E-state index < -0.39 is 10.0 Å². The highest BCUT2D eigenvalue weighted by molar-refractivity contribution is 7.89. The monoisotopic (exact) mass is 310 g/mol. The van der Waals surface area contributed by atoms with Gasteiger partial charge in [0, 0.05) is 11.7 Å². The lowest BCUT2D eigenvalue weighted by molar-refractivity contribution is 0.330. The van der Waals surface area contributed by atoms with Gasteiger partial charge in [-0.1, -0.05) is 0 Å². The Kier molecular flexibility index (Phi) is 3.84. The summed E-state index contributed by atoms with van der Waals surface area (Å²) in [6.45, 7) is 2.25. The summed E-state index contributed by atoms with van der Waals surface area (Å²) in [4.78, 5) is 0.149. The molecule has 21 heavy (non-hydrogen) atoms. The molecule has 2 saturated carbocycles. The van der Waals surface area contributed by atoms with Gasteiger partial charge >= 0.3 is 0 Å². The number of anilines is 1. The van der Waals surface area contributed by atoms with Crippen molar-refractivity contribution in [1.82, 2.24) is 4.72 Å². The van der Waals surface area contributed by atoms with Gasteiger partial charge in [-0.25, -0.2) is 13.1 Å². The fraction of sp³-hybridized carbons (Fsp3) is 0.600. The largest absolute Gasteiger partial charge is 0.492 e. The van der Waals surface area contributed by atoms with Gasteiger partial charge in [-0.05, 0) is 62.6 Å². The second kappa shape index (κ2) is 5.50. The molecule has 3 rings (SSSR count). The lowest BCUT2D eigenvalue weighted by Crippen LogP contribution is -2.38. The van der Waals surface area contributed by atoms with Crippen LogP contribution >= 0.6 is 0 Å². The first-order chi connectivity index (χ1) is 10.0. The van der Waals surface area contributed by atoms with Crippen LogP contribution in [0.1, 0.15) is 32.6 Å².